The van der Waals surface area contributed by atoms with Crippen molar-refractivity contribution in [1.82, 2.24) is 0 Å². The molecule has 0 saturated carbocycles. The normalized spacial score (nSPS) is 11.3. The Bertz CT molecular complexity index is 7120. The summed E-state index contributed by atoms with van der Waals surface area (Å²) in [7, 11) is -1.28. The number of benzene rings is 16. The van der Waals surface area contributed by atoms with E-state index in [1.807, 2.05) is 81.4 Å². The van der Waals surface area contributed by atoms with E-state index in [1.165, 1.54) is 13.2 Å². The van der Waals surface area contributed by atoms with Gasteiger partial charge in [-0.3, -0.25) is 23.7 Å². The van der Waals surface area contributed by atoms with Crippen LogP contribution in [-0.2, 0) is 22.5 Å². The lowest BCUT2D eigenvalue weighted by Crippen LogP contribution is -2.05. The molecule has 0 fully saturated rings. The summed E-state index contributed by atoms with van der Waals surface area (Å²) in [6.07, 6.45) is -9.17. The van der Waals surface area contributed by atoms with Gasteiger partial charge in [0.15, 0.2) is 23.1 Å². The molecular weight excluding hydrogens is 1710 g/mol. The molecule has 0 spiro atoms. The highest BCUT2D eigenvalue weighted by molar-refractivity contribution is 7.85. The second kappa shape index (κ2) is 39.0. The third-order valence-electron chi connectivity index (χ3n) is 21.5. The molecule has 0 radical (unpaired) electrons. The third kappa shape index (κ3) is 22.1. The van der Waals surface area contributed by atoms with Crippen LogP contribution in [0.5, 0.6) is 80.5 Å². The molecule has 660 valence electrons. The summed E-state index contributed by atoms with van der Waals surface area (Å²) in [5.41, 5.74) is 10.6. The van der Waals surface area contributed by atoms with Crippen LogP contribution in [0, 0.1) is 41.5 Å². The van der Waals surface area contributed by atoms with Gasteiger partial charge in [0.1, 0.15) is 80.5 Å². The first kappa shape index (κ1) is 90.9. The number of hydrogen-bond acceptors (Lipinski definition) is 14. The molecule has 0 amide bonds. The minimum Gasteiger partial charge on any atom is -0.497 e. The molecule has 132 heavy (non-hydrogen) atoms. The Morgan fingerprint density at radius 1 is 0.250 bits per heavy atom. The van der Waals surface area contributed by atoms with Gasteiger partial charge in [0.05, 0.1) is 30.2 Å². The second-order valence-electron chi connectivity index (χ2n) is 31.3. The predicted octanol–water partition coefficient (Wildman–Crippen LogP) is 28.9. The van der Waals surface area contributed by atoms with Gasteiger partial charge in [-0.25, -0.2) is 0 Å². The largest absolute Gasteiger partial charge is 0.497 e. The molecule has 15 nitrogen and oxygen atoms in total. The molecule has 0 heterocycles. The van der Waals surface area contributed by atoms with Crippen molar-refractivity contribution < 1.29 is 96.4 Å². The van der Waals surface area contributed by atoms with Crippen LogP contribution in [0.1, 0.15) is 108 Å². The number of methoxy groups -OCH3 is 2. The average Bonchev–Trinajstić information content (AvgIpc) is 0.794. The monoisotopic (exact) mass is 1790 g/mol. The molecule has 0 aliphatic heterocycles. The lowest BCUT2D eigenvalue weighted by atomic mass is 9.99. The highest BCUT2D eigenvalue weighted by Crippen LogP contribution is 2.46. The first-order chi connectivity index (χ1) is 63.2. The third-order valence-corrected chi connectivity index (χ3v) is 22.5. The zero-order chi connectivity index (χ0) is 93.3. The van der Waals surface area contributed by atoms with Crippen molar-refractivity contribution in [1.29, 1.82) is 0 Å². The first-order valence-electron chi connectivity index (χ1n) is 41.4. The SMILES string of the molecule is COc1ccc(Oc2ccc(C(=O)c3ccc(Oc4ccc(Oc5ccc(C(=O)c6ccc(C)cc6)cc5)c(-c5cc(C)cc(C(F)(F)F)c5)c4)cc3)cc2)c(-c2ccc(S(=O)(=O)O)c(C)c2)c1.COc1ccc(Oc2ccc(C(=O)c3ccc(Oc4ccc(Oc5ccc(C(=O)c6ccc(C)cc6)cc5)c(-c5cc(C)cc(C(F)(F)F)c5)c4)cc3)cc2)c(-c2cccc(C)c2)c1. The van der Waals surface area contributed by atoms with Crippen LogP contribution < -0.4 is 37.9 Å². The smallest absolute Gasteiger partial charge is 0.416 e. The van der Waals surface area contributed by atoms with Crippen molar-refractivity contribution in [3.63, 3.8) is 0 Å². The van der Waals surface area contributed by atoms with E-state index in [0.717, 1.165) is 52.1 Å². The molecular formula is C110H82F6O15S. The number of carbonyl (C=O) groups excluding carboxylic acids is 4. The number of alkyl halides is 6. The first-order valence-corrected chi connectivity index (χ1v) is 42.8. The van der Waals surface area contributed by atoms with Crippen LogP contribution >= 0.6 is 0 Å². The Kier molecular flexibility index (Phi) is 26.8. The van der Waals surface area contributed by atoms with Crippen molar-refractivity contribution in [2.24, 2.45) is 0 Å². The molecule has 0 atom stereocenters. The zero-order valence-electron chi connectivity index (χ0n) is 72.2. The maximum atomic E-state index is 14.0. The van der Waals surface area contributed by atoms with Crippen LogP contribution in [0.3, 0.4) is 0 Å². The number of halogens is 6. The summed E-state index contributed by atoms with van der Waals surface area (Å²) in [6, 6.07) is 94.6. The van der Waals surface area contributed by atoms with E-state index >= 15 is 0 Å². The molecule has 16 aromatic carbocycles. The van der Waals surface area contributed by atoms with Gasteiger partial charge in [-0.05, 0) is 335 Å². The van der Waals surface area contributed by atoms with Gasteiger partial charge in [-0.15, -0.1) is 0 Å². The number of hydrogen-bond donors (Lipinski definition) is 1. The standard InChI is InChI=1S/C55H41F3O9S.C55H41F3O6/c1-33-5-7-36(8-6-33)53(59)38-11-20-45(21-12-38)67-51-25-23-47(32-49(51)41-27-34(2)28-42(30-41)55(56,57)58)65-43-16-9-37(10-17-43)54(60)39-13-18-44(19-14-39)66-50-24-22-46(64-4)31-48(50)40-15-26-52(35(3)29-40)68(61,62)63;1-34-8-10-37(11-9-34)53(59)39-14-22-46(23-15-39)64-52-27-25-48(33-50(52)42-29-36(3)30-43(31-42)55(56,57)58)62-44-18-12-38(13-19-44)54(60)40-16-20-45(21-17-40)63-51-26-24-47(61-4)32-49(51)41-7-5-6-35(2)28-41/h5-32H,1-4H3,(H,61,62,63);5-33H,1-4H3. The minimum absolute atomic E-state index is 0.149. The number of ether oxygens (including phenoxy) is 8. The molecule has 16 rings (SSSR count). The average molecular weight is 1790 g/mol. The highest BCUT2D eigenvalue weighted by Gasteiger charge is 2.33. The fraction of sp³-hybridized carbons (Fsp3) is 0.0909. The van der Waals surface area contributed by atoms with Gasteiger partial charge >= 0.3 is 12.4 Å². The van der Waals surface area contributed by atoms with Crippen molar-refractivity contribution in [2.75, 3.05) is 14.2 Å². The van der Waals surface area contributed by atoms with Crippen LogP contribution in [0.4, 0.5) is 26.3 Å². The van der Waals surface area contributed by atoms with Crippen molar-refractivity contribution in [3.8, 4) is 125 Å². The second-order valence-corrected chi connectivity index (χ2v) is 32.7. The van der Waals surface area contributed by atoms with Gasteiger partial charge in [0.25, 0.3) is 10.1 Å². The Morgan fingerprint density at radius 2 is 0.508 bits per heavy atom. The molecule has 16 aromatic rings. The lowest BCUT2D eigenvalue weighted by Gasteiger charge is -2.16. The van der Waals surface area contributed by atoms with E-state index in [0.29, 0.717) is 152 Å². The summed E-state index contributed by atoms with van der Waals surface area (Å²) >= 11 is 0. The summed E-state index contributed by atoms with van der Waals surface area (Å²) in [4.78, 5) is 53.1. The molecule has 22 heteroatoms. The molecule has 0 unspecified atom stereocenters. The fourth-order valence-corrected chi connectivity index (χ4v) is 15.4. The predicted molar refractivity (Wildman–Crippen MR) is 495 cm³/mol. The van der Waals surface area contributed by atoms with E-state index in [2.05, 4.69) is 6.07 Å². The maximum absolute atomic E-state index is 14.0. The van der Waals surface area contributed by atoms with E-state index in [9.17, 15) is 58.5 Å². The molecule has 0 aliphatic carbocycles. The van der Waals surface area contributed by atoms with Gasteiger partial charge in [-0.2, -0.15) is 34.8 Å². The van der Waals surface area contributed by atoms with E-state index < -0.39 is 33.6 Å². The van der Waals surface area contributed by atoms with Crippen molar-refractivity contribution in [2.45, 2.75) is 58.8 Å². The maximum Gasteiger partial charge on any atom is 0.416 e. The number of ketones is 4. The molecule has 0 aliphatic rings. The molecule has 0 saturated heterocycles. The minimum atomic E-state index is -4.60. The summed E-state index contributed by atoms with van der Waals surface area (Å²) in [5, 5.41) is 0. The van der Waals surface area contributed by atoms with Crippen LogP contribution in [0.15, 0.2) is 351 Å². The van der Waals surface area contributed by atoms with E-state index in [4.69, 9.17) is 37.9 Å². The number of rotatable bonds is 27. The summed E-state index contributed by atoms with van der Waals surface area (Å²) < 4.78 is 165. The highest BCUT2D eigenvalue weighted by atomic mass is 32.2. The fourth-order valence-electron chi connectivity index (χ4n) is 14.7. The summed E-state index contributed by atoms with van der Waals surface area (Å²) in [5.74, 6) is 5.11. The van der Waals surface area contributed by atoms with Crippen LogP contribution in [-0.4, -0.2) is 50.3 Å². The zero-order valence-corrected chi connectivity index (χ0v) is 73.1. The topological polar surface area (TPSA) is 196 Å². The van der Waals surface area contributed by atoms with E-state index in [1.54, 1.807) is 277 Å². The number of carbonyl (C=O) groups is 4. The van der Waals surface area contributed by atoms with Gasteiger partial charge in [-0.1, -0.05) is 108 Å². The molecule has 1 N–H and O–H groups in total. The van der Waals surface area contributed by atoms with Crippen LogP contribution in [0.2, 0.25) is 0 Å². The van der Waals surface area contributed by atoms with Crippen molar-refractivity contribution >= 4 is 33.3 Å². The molecule has 0 bridgehead atoms. The Labute approximate surface area is 758 Å². The Hall–Kier alpha value is -15.9. The Balaban J connectivity index is 0.000000202. The number of aryl methyl sites for hydroxylation is 6. The Morgan fingerprint density at radius 3 is 0.788 bits per heavy atom. The summed E-state index contributed by atoms with van der Waals surface area (Å²) in [6.45, 7) is 10.7. The van der Waals surface area contributed by atoms with Crippen molar-refractivity contribution in [3.05, 3.63) is 435 Å². The van der Waals surface area contributed by atoms with Gasteiger partial charge in [0, 0.05) is 66.8 Å². The molecule has 0 aromatic heterocycles. The van der Waals surface area contributed by atoms with Gasteiger partial charge in [0.2, 0.25) is 0 Å². The van der Waals surface area contributed by atoms with Gasteiger partial charge < -0.3 is 37.9 Å². The lowest BCUT2D eigenvalue weighted by molar-refractivity contribution is -0.138. The van der Waals surface area contributed by atoms with E-state index in [-0.39, 0.29) is 50.7 Å². The van der Waals surface area contributed by atoms with Crippen LogP contribution in [0.25, 0.3) is 44.5 Å². The quantitative estimate of drug-likeness (QED) is 0.0290.